The van der Waals surface area contributed by atoms with Crippen LogP contribution in [0.3, 0.4) is 0 Å². The third kappa shape index (κ3) is 46.6. The molecule has 0 saturated carbocycles. The summed E-state index contributed by atoms with van der Waals surface area (Å²) in [7, 11) is 0. The van der Waals surface area contributed by atoms with Crippen LogP contribution in [0.5, 0.6) is 0 Å². The fourth-order valence-electron chi connectivity index (χ4n) is 8.57. The van der Waals surface area contributed by atoms with Gasteiger partial charge in [0.1, 0.15) is 24.8 Å². The fraction of sp³-hybridized carbons (Fsp3) is 0.912. The van der Waals surface area contributed by atoms with E-state index >= 15 is 0 Å². The molecule has 69 heavy (non-hydrogen) atoms. The summed E-state index contributed by atoms with van der Waals surface area (Å²) in [6.07, 6.45) is 46.9. The van der Waals surface area contributed by atoms with Crippen molar-refractivity contribution in [3.05, 3.63) is 0 Å². The van der Waals surface area contributed by atoms with E-state index in [-0.39, 0.29) is 48.8 Å². The zero-order valence-electron chi connectivity index (χ0n) is 45.0. The summed E-state index contributed by atoms with van der Waals surface area (Å²) < 4.78 is 16.4. The lowest BCUT2D eigenvalue weighted by Gasteiger charge is -2.21. The summed E-state index contributed by atoms with van der Waals surface area (Å²) in [4.78, 5) is 64.4. The molecule has 11 nitrogen and oxygen atoms in total. The molecule has 0 rings (SSSR count). The van der Waals surface area contributed by atoms with Gasteiger partial charge in [0.15, 0.2) is 0 Å². The summed E-state index contributed by atoms with van der Waals surface area (Å²) in [5.41, 5.74) is 5.60. The predicted molar refractivity (Wildman–Crippen MR) is 287 cm³/mol. The predicted octanol–water partition coefficient (Wildman–Crippen LogP) is 14.5. The first-order valence-corrected chi connectivity index (χ1v) is 30.2. The van der Waals surface area contributed by atoms with Crippen LogP contribution in [0.1, 0.15) is 290 Å². The Morgan fingerprint density at radius 1 is 0.449 bits per heavy atom. The average molecular weight is 998 g/mol. The zero-order valence-corrected chi connectivity index (χ0v) is 45.8. The van der Waals surface area contributed by atoms with Crippen molar-refractivity contribution < 1.29 is 43.3 Å². The molecule has 0 heterocycles. The van der Waals surface area contributed by atoms with Gasteiger partial charge in [0, 0.05) is 30.8 Å². The molecule has 0 radical (unpaired) electrons. The molecule has 406 valence electrons. The molecule has 0 aromatic rings. The topological polar surface area (TPSA) is 171 Å². The van der Waals surface area contributed by atoms with E-state index < -0.39 is 36.7 Å². The van der Waals surface area contributed by atoms with Gasteiger partial charge >= 0.3 is 23.9 Å². The van der Waals surface area contributed by atoms with Crippen LogP contribution in [0.15, 0.2) is 0 Å². The number of esters is 4. The highest BCUT2D eigenvalue weighted by Gasteiger charge is 2.28. The lowest BCUT2D eigenvalue weighted by Crippen LogP contribution is -2.46. The Balaban J connectivity index is 5.07. The largest absolute Gasteiger partial charge is 0.462 e. The molecule has 0 aliphatic heterocycles. The highest BCUT2D eigenvalue weighted by molar-refractivity contribution is 7.99. The van der Waals surface area contributed by atoms with Crippen LogP contribution in [0.2, 0.25) is 0 Å². The molecule has 0 aliphatic carbocycles. The Bertz CT molecular complexity index is 1210. The van der Waals surface area contributed by atoms with Gasteiger partial charge in [0.25, 0.3) is 0 Å². The van der Waals surface area contributed by atoms with Crippen LogP contribution >= 0.6 is 11.8 Å². The number of aliphatic hydroxyl groups excluding tert-OH is 1. The molecule has 0 aliphatic rings. The number of nitrogens with two attached hydrogens (primary N) is 1. The second-order valence-electron chi connectivity index (χ2n) is 20.0. The monoisotopic (exact) mass is 997 g/mol. The van der Waals surface area contributed by atoms with E-state index in [4.69, 9.17) is 19.9 Å². The molecular formula is C57H108N2O9S. The smallest absolute Gasteiger partial charge is 0.337 e. The van der Waals surface area contributed by atoms with E-state index in [2.05, 4.69) is 26.1 Å². The van der Waals surface area contributed by atoms with Gasteiger partial charge in [0.2, 0.25) is 5.91 Å². The Morgan fingerprint density at radius 3 is 1.14 bits per heavy atom. The van der Waals surface area contributed by atoms with Crippen molar-refractivity contribution in [3.63, 3.8) is 0 Å². The minimum absolute atomic E-state index is 0.0185. The van der Waals surface area contributed by atoms with Gasteiger partial charge < -0.3 is 30.4 Å². The van der Waals surface area contributed by atoms with Crippen molar-refractivity contribution in [1.82, 2.24) is 5.32 Å². The van der Waals surface area contributed by atoms with Crippen LogP contribution in [0.25, 0.3) is 0 Å². The van der Waals surface area contributed by atoms with Crippen LogP contribution in [0, 0.1) is 0 Å². The SMILES string of the molecule is CCCCCCCCCCCCCCCC(=O)N[C@@H](CSC[C@H](COC(=O)CCCCCCCCCCCCCCC)OC(=O)CCCCCCCCCCCCCCC)C(=O)OC(=O)[C@@H](N)CO. The van der Waals surface area contributed by atoms with Crippen molar-refractivity contribution >= 4 is 41.5 Å². The van der Waals surface area contributed by atoms with Crippen molar-refractivity contribution in [2.24, 2.45) is 5.73 Å². The standard InChI is InChI=1S/C57H108N2O9S/c1-4-7-10-13-16-19-22-25-28-31-34-37-40-43-53(61)59-52(57(65)68-56(64)51(58)46-60)49-69-48-50(67-55(63)45-42-39-36-33-30-27-24-21-18-15-12-9-6-3)47-66-54(62)44-41-38-35-32-29-26-23-20-17-14-11-8-5-2/h50-52,60H,4-49,58H2,1-3H3,(H,59,61)/t50-,51-,52-/m0/s1. The molecule has 1 amide bonds. The molecule has 0 aromatic heterocycles. The lowest BCUT2D eigenvalue weighted by molar-refractivity contribution is -0.163. The van der Waals surface area contributed by atoms with Gasteiger partial charge in [-0.05, 0) is 19.3 Å². The summed E-state index contributed by atoms with van der Waals surface area (Å²) in [6.45, 7) is 5.93. The molecule has 12 heteroatoms. The summed E-state index contributed by atoms with van der Waals surface area (Å²) >= 11 is 1.23. The van der Waals surface area contributed by atoms with Gasteiger partial charge in [-0.25, -0.2) is 9.59 Å². The van der Waals surface area contributed by atoms with Crippen LogP contribution in [-0.2, 0) is 38.2 Å². The van der Waals surface area contributed by atoms with Crippen LogP contribution < -0.4 is 11.1 Å². The van der Waals surface area contributed by atoms with Gasteiger partial charge in [0.05, 0.1) is 6.61 Å². The van der Waals surface area contributed by atoms with Gasteiger partial charge in [-0.1, -0.05) is 252 Å². The maximum Gasteiger partial charge on any atom is 0.337 e. The molecule has 3 atom stereocenters. The normalized spacial score (nSPS) is 12.7. The number of carbonyl (C=O) groups excluding carboxylic acids is 5. The number of hydrogen-bond acceptors (Lipinski definition) is 11. The molecule has 0 bridgehead atoms. The molecular weight excluding hydrogens is 889 g/mol. The van der Waals surface area contributed by atoms with Gasteiger partial charge in [-0.15, -0.1) is 0 Å². The van der Waals surface area contributed by atoms with E-state index in [1.165, 1.54) is 192 Å². The highest BCUT2D eigenvalue weighted by Crippen LogP contribution is 2.18. The Kier molecular flexibility index (Phi) is 50.5. The Hall–Kier alpha value is -2.18. The second kappa shape index (κ2) is 52.2. The van der Waals surface area contributed by atoms with Crippen molar-refractivity contribution in [2.75, 3.05) is 24.7 Å². The lowest BCUT2D eigenvalue weighted by atomic mass is 10.0. The van der Waals surface area contributed by atoms with Gasteiger partial charge in [-0.3, -0.25) is 14.4 Å². The number of ether oxygens (including phenoxy) is 3. The Labute approximate surface area is 427 Å². The van der Waals surface area contributed by atoms with E-state index in [9.17, 15) is 29.1 Å². The summed E-state index contributed by atoms with van der Waals surface area (Å²) in [6, 6.07) is -2.57. The maximum absolute atomic E-state index is 13.2. The van der Waals surface area contributed by atoms with Crippen molar-refractivity contribution in [1.29, 1.82) is 0 Å². The Morgan fingerprint density at radius 2 is 0.783 bits per heavy atom. The number of unbranched alkanes of at least 4 members (excludes halogenated alkanes) is 36. The minimum atomic E-state index is -1.39. The summed E-state index contributed by atoms with van der Waals surface area (Å²) in [5.74, 6) is -2.87. The second-order valence-corrected chi connectivity index (χ2v) is 21.0. The number of nitrogens with one attached hydrogen (secondary N) is 1. The first-order valence-electron chi connectivity index (χ1n) is 29.0. The van der Waals surface area contributed by atoms with E-state index in [0.29, 0.717) is 12.8 Å². The van der Waals surface area contributed by atoms with Crippen molar-refractivity contribution in [3.8, 4) is 0 Å². The molecule has 0 saturated heterocycles. The molecule has 0 spiro atoms. The number of amides is 1. The molecule has 0 unspecified atom stereocenters. The third-order valence-electron chi connectivity index (χ3n) is 13.1. The zero-order chi connectivity index (χ0) is 50.7. The quantitative estimate of drug-likeness (QED) is 0.0229. The molecule has 4 N–H and O–H groups in total. The minimum Gasteiger partial charge on any atom is -0.462 e. The molecule has 0 fully saturated rings. The fourth-order valence-corrected chi connectivity index (χ4v) is 9.59. The third-order valence-corrected chi connectivity index (χ3v) is 14.3. The number of rotatable bonds is 53. The van der Waals surface area contributed by atoms with E-state index in [1.54, 1.807) is 0 Å². The first-order chi connectivity index (χ1) is 33.7. The number of hydrogen-bond donors (Lipinski definition) is 3. The van der Waals surface area contributed by atoms with Crippen LogP contribution in [0.4, 0.5) is 0 Å². The number of thioether (sulfide) groups is 1. The number of aliphatic hydroxyl groups is 1. The average Bonchev–Trinajstić information content (AvgIpc) is 3.34. The van der Waals surface area contributed by atoms with Gasteiger partial charge in [-0.2, -0.15) is 11.8 Å². The van der Waals surface area contributed by atoms with E-state index in [1.807, 2.05) is 0 Å². The van der Waals surface area contributed by atoms with E-state index in [0.717, 1.165) is 64.2 Å². The van der Waals surface area contributed by atoms with Crippen LogP contribution in [-0.4, -0.2) is 77.8 Å². The maximum atomic E-state index is 13.2. The highest BCUT2D eigenvalue weighted by atomic mass is 32.2. The molecule has 0 aromatic carbocycles. The summed E-state index contributed by atoms with van der Waals surface area (Å²) in [5, 5.41) is 12.1. The number of carbonyl (C=O) groups is 5. The van der Waals surface area contributed by atoms with Crippen molar-refractivity contribution in [2.45, 2.75) is 309 Å². The first kappa shape index (κ1) is 66.8.